The fourth-order valence-electron chi connectivity index (χ4n) is 2.58. The van der Waals surface area contributed by atoms with Gasteiger partial charge in [0.2, 0.25) is 10.0 Å². The third kappa shape index (κ3) is 2.99. The fraction of sp³-hybridized carbons (Fsp3) is 0.571. The van der Waals surface area contributed by atoms with E-state index in [0.717, 1.165) is 37.1 Å². The van der Waals surface area contributed by atoms with E-state index in [0.29, 0.717) is 4.90 Å². The quantitative estimate of drug-likeness (QED) is 0.917. The number of nitrogens with one attached hydrogen (secondary N) is 1. The van der Waals surface area contributed by atoms with Crippen LogP contribution in [0, 0.1) is 13.8 Å². The normalized spacial score (nSPS) is 20.7. The average molecular weight is 282 g/mol. The molecule has 0 aromatic heterocycles. The molecular formula is C14H22N2O2S. The lowest BCUT2D eigenvalue weighted by atomic mass is 10.1. The summed E-state index contributed by atoms with van der Waals surface area (Å²) in [6.07, 6.45) is 1.95. The van der Waals surface area contributed by atoms with Gasteiger partial charge in [-0.2, -0.15) is 4.31 Å². The highest BCUT2D eigenvalue weighted by Gasteiger charge is 2.29. The van der Waals surface area contributed by atoms with Gasteiger partial charge in [-0.1, -0.05) is 17.7 Å². The number of piperidine rings is 1. The summed E-state index contributed by atoms with van der Waals surface area (Å²) in [6, 6.07) is 5.54. The molecule has 1 atom stereocenters. The van der Waals surface area contributed by atoms with Gasteiger partial charge in [0.1, 0.15) is 0 Å². The summed E-state index contributed by atoms with van der Waals surface area (Å²) in [5.74, 6) is 0. The highest BCUT2D eigenvalue weighted by Crippen LogP contribution is 2.23. The Morgan fingerprint density at radius 2 is 2.05 bits per heavy atom. The van der Waals surface area contributed by atoms with Gasteiger partial charge >= 0.3 is 0 Å². The van der Waals surface area contributed by atoms with E-state index in [1.807, 2.05) is 26.0 Å². The molecule has 0 radical (unpaired) electrons. The van der Waals surface area contributed by atoms with Crippen molar-refractivity contribution in [1.29, 1.82) is 0 Å². The van der Waals surface area contributed by atoms with E-state index in [1.54, 1.807) is 13.1 Å². The number of benzene rings is 1. The highest BCUT2D eigenvalue weighted by atomic mass is 32.2. The molecule has 0 amide bonds. The van der Waals surface area contributed by atoms with Crippen molar-refractivity contribution in [2.45, 2.75) is 37.6 Å². The first-order chi connectivity index (χ1) is 8.93. The lowest BCUT2D eigenvalue weighted by Gasteiger charge is -2.31. The van der Waals surface area contributed by atoms with Crippen LogP contribution in [0.3, 0.4) is 0 Å². The summed E-state index contributed by atoms with van der Waals surface area (Å²) in [4.78, 5) is 0.422. The van der Waals surface area contributed by atoms with Crippen LogP contribution in [0.5, 0.6) is 0 Å². The van der Waals surface area contributed by atoms with Gasteiger partial charge in [-0.25, -0.2) is 8.42 Å². The molecule has 0 bridgehead atoms. The fourth-order valence-corrected chi connectivity index (χ4v) is 4.17. The van der Waals surface area contributed by atoms with Crippen LogP contribution in [0.4, 0.5) is 0 Å². The van der Waals surface area contributed by atoms with E-state index >= 15 is 0 Å². The molecule has 106 valence electrons. The zero-order valence-corrected chi connectivity index (χ0v) is 12.6. The third-order valence-corrected chi connectivity index (χ3v) is 5.84. The molecule has 1 aromatic carbocycles. The molecule has 1 N–H and O–H groups in total. The Kier molecular flexibility index (Phi) is 4.28. The van der Waals surface area contributed by atoms with Crippen molar-refractivity contribution in [3.63, 3.8) is 0 Å². The lowest BCUT2D eigenvalue weighted by molar-refractivity contribution is 0.300. The van der Waals surface area contributed by atoms with Gasteiger partial charge in [0.05, 0.1) is 4.90 Å². The Bertz CT molecular complexity index is 549. The number of likely N-dealkylation sites (N-methyl/N-ethyl adjacent to an activating group) is 1. The molecule has 2 rings (SSSR count). The Morgan fingerprint density at radius 3 is 2.63 bits per heavy atom. The number of hydrogen-bond acceptors (Lipinski definition) is 3. The first-order valence-corrected chi connectivity index (χ1v) is 8.13. The van der Waals surface area contributed by atoms with Crippen LogP contribution in [0.15, 0.2) is 23.1 Å². The minimum atomic E-state index is -3.39. The topological polar surface area (TPSA) is 49.4 Å². The maximum absolute atomic E-state index is 12.7. The van der Waals surface area contributed by atoms with Crippen LogP contribution in [0.2, 0.25) is 0 Å². The predicted molar refractivity (Wildman–Crippen MR) is 76.8 cm³/mol. The molecule has 5 heteroatoms. The van der Waals surface area contributed by atoms with Crippen molar-refractivity contribution in [3.8, 4) is 0 Å². The second-order valence-corrected chi connectivity index (χ2v) is 7.26. The molecule has 0 spiro atoms. The summed E-state index contributed by atoms with van der Waals surface area (Å²) < 4.78 is 26.8. The Balaban J connectivity index is 2.30. The smallest absolute Gasteiger partial charge is 0.243 e. The van der Waals surface area contributed by atoms with E-state index in [9.17, 15) is 8.42 Å². The van der Waals surface area contributed by atoms with Crippen molar-refractivity contribution >= 4 is 10.0 Å². The van der Waals surface area contributed by atoms with Crippen molar-refractivity contribution in [2.24, 2.45) is 0 Å². The molecule has 1 aliphatic heterocycles. The average Bonchev–Trinajstić information content (AvgIpc) is 2.38. The van der Waals surface area contributed by atoms with Gasteiger partial charge in [-0.3, -0.25) is 0 Å². The molecule has 1 unspecified atom stereocenters. The van der Waals surface area contributed by atoms with E-state index in [2.05, 4.69) is 5.32 Å². The van der Waals surface area contributed by atoms with Gasteiger partial charge in [0.15, 0.2) is 0 Å². The van der Waals surface area contributed by atoms with Gasteiger partial charge in [-0.15, -0.1) is 0 Å². The zero-order valence-electron chi connectivity index (χ0n) is 11.8. The summed E-state index contributed by atoms with van der Waals surface area (Å²) in [5, 5.41) is 3.26. The van der Waals surface area contributed by atoms with Crippen molar-refractivity contribution in [2.75, 3.05) is 20.1 Å². The summed E-state index contributed by atoms with van der Waals surface area (Å²) in [7, 11) is -1.71. The Labute approximate surface area is 115 Å². The largest absolute Gasteiger partial charge is 0.315 e. The minimum Gasteiger partial charge on any atom is -0.315 e. The molecule has 0 saturated carbocycles. The van der Waals surface area contributed by atoms with E-state index in [-0.39, 0.29) is 6.04 Å². The van der Waals surface area contributed by atoms with Gasteiger partial charge in [-0.05, 0) is 44.9 Å². The summed E-state index contributed by atoms with van der Waals surface area (Å²) in [5.41, 5.74) is 1.90. The van der Waals surface area contributed by atoms with Crippen molar-refractivity contribution < 1.29 is 8.42 Å². The molecular weight excluding hydrogens is 260 g/mol. The Hall–Kier alpha value is -0.910. The van der Waals surface area contributed by atoms with Crippen LogP contribution in [-0.2, 0) is 10.0 Å². The van der Waals surface area contributed by atoms with E-state index < -0.39 is 10.0 Å². The number of nitrogens with zero attached hydrogens (tertiary/aromatic N) is 1. The van der Waals surface area contributed by atoms with Gasteiger partial charge in [0, 0.05) is 19.6 Å². The van der Waals surface area contributed by atoms with Crippen molar-refractivity contribution in [3.05, 3.63) is 29.3 Å². The third-order valence-electron chi connectivity index (χ3n) is 3.77. The monoisotopic (exact) mass is 282 g/mol. The number of aryl methyl sites for hydroxylation is 2. The van der Waals surface area contributed by atoms with Crippen LogP contribution < -0.4 is 5.32 Å². The van der Waals surface area contributed by atoms with Crippen LogP contribution in [0.1, 0.15) is 24.0 Å². The molecule has 4 nitrogen and oxygen atoms in total. The Morgan fingerprint density at radius 1 is 1.32 bits per heavy atom. The maximum Gasteiger partial charge on any atom is 0.243 e. The molecule has 1 saturated heterocycles. The minimum absolute atomic E-state index is 0.0550. The number of rotatable bonds is 3. The van der Waals surface area contributed by atoms with E-state index in [1.165, 1.54) is 4.31 Å². The van der Waals surface area contributed by atoms with Gasteiger partial charge in [0.25, 0.3) is 0 Å². The highest BCUT2D eigenvalue weighted by molar-refractivity contribution is 7.89. The molecule has 19 heavy (non-hydrogen) atoms. The first-order valence-electron chi connectivity index (χ1n) is 6.69. The SMILES string of the molecule is Cc1ccc(S(=O)(=O)N(C)C2CCCNC2)c(C)c1. The molecule has 1 heterocycles. The standard InChI is InChI=1S/C14H22N2O2S/c1-11-6-7-14(12(2)9-11)19(17,18)16(3)13-5-4-8-15-10-13/h6-7,9,13,15H,4-5,8,10H2,1-3H3. The molecule has 0 aliphatic carbocycles. The summed E-state index contributed by atoms with van der Waals surface area (Å²) in [6.45, 7) is 5.54. The van der Waals surface area contributed by atoms with E-state index in [4.69, 9.17) is 0 Å². The number of hydrogen-bond donors (Lipinski definition) is 1. The van der Waals surface area contributed by atoms with Crippen LogP contribution in [0.25, 0.3) is 0 Å². The van der Waals surface area contributed by atoms with Crippen LogP contribution in [-0.4, -0.2) is 38.9 Å². The summed E-state index contributed by atoms with van der Waals surface area (Å²) >= 11 is 0. The van der Waals surface area contributed by atoms with Crippen molar-refractivity contribution in [1.82, 2.24) is 9.62 Å². The number of sulfonamides is 1. The second-order valence-electron chi connectivity index (χ2n) is 5.29. The second kappa shape index (κ2) is 5.61. The molecule has 1 aliphatic rings. The molecule has 1 aromatic rings. The zero-order chi connectivity index (χ0) is 14.0. The van der Waals surface area contributed by atoms with Crippen LogP contribution >= 0.6 is 0 Å². The lowest BCUT2D eigenvalue weighted by Crippen LogP contribution is -2.46. The first kappa shape index (κ1) is 14.5. The maximum atomic E-state index is 12.7. The molecule has 1 fully saturated rings. The van der Waals surface area contributed by atoms with Gasteiger partial charge < -0.3 is 5.32 Å². The predicted octanol–water partition coefficient (Wildman–Crippen LogP) is 1.68.